The lowest BCUT2D eigenvalue weighted by Crippen LogP contribution is -2.50. The molecule has 2 aliphatic rings. The fourth-order valence-corrected chi connectivity index (χ4v) is 3.36. The quantitative estimate of drug-likeness (QED) is 0.595. The Morgan fingerprint density at radius 3 is 2.17 bits per heavy atom. The zero-order valence-corrected chi connectivity index (χ0v) is 8.55. The van der Waals surface area contributed by atoms with Crippen molar-refractivity contribution in [2.75, 3.05) is 0 Å². The first-order valence-electron chi connectivity index (χ1n) is 5.86. The molecule has 0 N–H and O–H groups in total. The van der Waals surface area contributed by atoms with Crippen LogP contribution in [-0.4, -0.2) is 0 Å². The van der Waals surface area contributed by atoms with Crippen LogP contribution in [0.5, 0.6) is 0 Å². The molecular weight excluding hydrogens is 144 g/mol. The molecule has 12 heavy (non-hydrogen) atoms. The highest BCUT2D eigenvalue weighted by molar-refractivity contribution is 5.01. The Morgan fingerprint density at radius 1 is 1.00 bits per heavy atom. The highest BCUT2D eigenvalue weighted by Crippen LogP contribution is 2.60. The van der Waals surface area contributed by atoms with E-state index in [9.17, 15) is 0 Å². The first-order chi connectivity index (χ1) is 5.86. The third-order valence-electron chi connectivity index (χ3n) is 4.36. The van der Waals surface area contributed by atoms with Gasteiger partial charge in [-0.25, -0.2) is 0 Å². The predicted octanol–water partition coefficient (Wildman–Crippen LogP) is 3.86. The zero-order chi connectivity index (χ0) is 8.55. The molecule has 2 aliphatic carbocycles. The topological polar surface area (TPSA) is 0 Å². The van der Waals surface area contributed by atoms with E-state index in [0.717, 1.165) is 11.8 Å². The van der Waals surface area contributed by atoms with Crippen LogP contribution in [0.1, 0.15) is 52.4 Å². The van der Waals surface area contributed by atoms with E-state index in [1.54, 1.807) is 12.8 Å². The Balaban J connectivity index is 1.68. The summed E-state index contributed by atoms with van der Waals surface area (Å²) in [5.74, 6) is 4.64. The highest BCUT2D eigenvalue weighted by atomic mass is 14.6. The second-order valence-corrected chi connectivity index (χ2v) is 4.87. The molecule has 0 heterocycles. The SMILES string of the molecule is CCCCC1CC2C(CC)CC12. The van der Waals surface area contributed by atoms with Crippen LogP contribution in [0.3, 0.4) is 0 Å². The molecule has 0 spiro atoms. The molecule has 2 saturated carbocycles. The Labute approximate surface area is 76.7 Å². The largest absolute Gasteiger partial charge is 0.0654 e. The molecule has 2 fully saturated rings. The smallest absolute Gasteiger partial charge is 0.0352 e. The summed E-state index contributed by atoms with van der Waals surface area (Å²) in [5.41, 5.74) is 0. The molecular formula is C12H22. The van der Waals surface area contributed by atoms with Gasteiger partial charge in [-0.2, -0.15) is 0 Å². The summed E-state index contributed by atoms with van der Waals surface area (Å²) < 4.78 is 0. The summed E-state index contributed by atoms with van der Waals surface area (Å²) in [6.45, 7) is 4.67. The van der Waals surface area contributed by atoms with E-state index in [4.69, 9.17) is 0 Å². The average Bonchev–Trinajstić information content (AvgIpc) is 2.07. The van der Waals surface area contributed by atoms with Gasteiger partial charge in [0.25, 0.3) is 0 Å². The minimum absolute atomic E-state index is 1.13. The minimum Gasteiger partial charge on any atom is -0.0654 e. The summed E-state index contributed by atoms with van der Waals surface area (Å²) in [5, 5.41) is 0. The monoisotopic (exact) mass is 166 g/mol. The average molecular weight is 166 g/mol. The third kappa shape index (κ3) is 1.20. The summed E-state index contributed by atoms with van der Waals surface area (Å²) >= 11 is 0. The van der Waals surface area contributed by atoms with Crippen molar-refractivity contribution in [3.63, 3.8) is 0 Å². The molecule has 2 rings (SSSR count). The molecule has 0 amide bonds. The second kappa shape index (κ2) is 3.40. The molecule has 0 radical (unpaired) electrons. The van der Waals surface area contributed by atoms with E-state index in [2.05, 4.69) is 13.8 Å². The van der Waals surface area contributed by atoms with Crippen molar-refractivity contribution in [3.8, 4) is 0 Å². The van der Waals surface area contributed by atoms with Crippen LogP contribution >= 0.6 is 0 Å². The van der Waals surface area contributed by atoms with E-state index < -0.39 is 0 Å². The highest BCUT2D eigenvalue weighted by Gasteiger charge is 2.51. The molecule has 70 valence electrons. The standard InChI is InChI=1S/C12H22/c1-3-5-6-10-8-11-9(4-2)7-12(10)11/h9-12H,3-8H2,1-2H3. The number of rotatable bonds is 4. The minimum atomic E-state index is 1.13. The van der Waals surface area contributed by atoms with Crippen LogP contribution < -0.4 is 0 Å². The predicted molar refractivity (Wildman–Crippen MR) is 53.0 cm³/mol. The molecule has 0 saturated heterocycles. The van der Waals surface area contributed by atoms with Gasteiger partial charge in [-0.15, -0.1) is 0 Å². The van der Waals surface area contributed by atoms with Crippen LogP contribution in [0.25, 0.3) is 0 Å². The van der Waals surface area contributed by atoms with Gasteiger partial charge in [0.05, 0.1) is 0 Å². The molecule has 4 unspecified atom stereocenters. The maximum Gasteiger partial charge on any atom is -0.0352 e. The van der Waals surface area contributed by atoms with Gasteiger partial charge in [-0.3, -0.25) is 0 Å². The van der Waals surface area contributed by atoms with Gasteiger partial charge in [0.1, 0.15) is 0 Å². The molecule has 0 aromatic rings. The fraction of sp³-hybridized carbons (Fsp3) is 1.00. The molecule has 0 aromatic heterocycles. The van der Waals surface area contributed by atoms with Crippen molar-refractivity contribution >= 4 is 0 Å². The maximum atomic E-state index is 2.36. The summed E-state index contributed by atoms with van der Waals surface area (Å²) in [4.78, 5) is 0. The van der Waals surface area contributed by atoms with Crippen molar-refractivity contribution in [3.05, 3.63) is 0 Å². The van der Waals surface area contributed by atoms with E-state index in [1.165, 1.54) is 37.5 Å². The van der Waals surface area contributed by atoms with Crippen LogP contribution in [-0.2, 0) is 0 Å². The number of hydrogen-bond donors (Lipinski definition) is 0. The Kier molecular flexibility index (Phi) is 2.43. The Hall–Kier alpha value is 0. The number of hydrogen-bond acceptors (Lipinski definition) is 0. The van der Waals surface area contributed by atoms with Gasteiger partial charge in [0.2, 0.25) is 0 Å². The van der Waals surface area contributed by atoms with E-state index in [-0.39, 0.29) is 0 Å². The lowest BCUT2D eigenvalue weighted by Gasteiger charge is -2.59. The van der Waals surface area contributed by atoms with E-state index in [1.807, 2.05) is 0 Å². The zero-order valence-electron chi connectivity index (χ0n) is 8.55. The number of fused-ring (bicyclic) bond motifs is 1. The van der Waals surface area contributed by atoms with Gasteiger partial charge in [-0.05, 0) is 36.5 Å². The first-order valence-corrected chi connectivity index (χ1v) is 5.86. The lowest BCUT2D eigenvalue weighted by molar-refractivity contribution is -0.0921. The second-order valence-electron chi connectivity index (χ2n) is 4.87. The first kappa shape index (κ1) is 8.59. The molecule has 0 aromatic carbocycles. The van der Waals surface area contributed by atoms with Crippen LogP contribution in [0.15, 0.2) is 0 Å². The van der Waals surface area contributed by atoms with E-state index >= 15 is 0 Å². The van der Waals surface area contributed by atoms with Crippen molar-refractivity contribution in [1.29, 1.82) is 0 Å². The summed E-state index contributed by atoms with van der Waals surface area (Å²) in [6, 6.07) is 0. The van der Waals surface area contributed by atoms with Crippen molar-refractivity contribution in [2.45, 2.75) is 52.4 Å². The third-order valence-corrected chi connectivity index (χ3v) is 4.36. The van der Waals surface area contributed by atoms with Crippen molar-refractivity contribution in [2.24, 2.45) is 23.7 Å². The summed E-state index contributed by atoms with van der Waals surface area (Å²) in [7, 11) is 0. The van der Waals surface area contributed by atoms with Crippen LogP contribution in [0.4, 0.5) is 0 Å². The molecule has 0 nitrogen and oxygen atoms in total. The number of unbranched alkanes of at least 4 members (excludes halogenated alkanes) is 1. The normalized spacial score (nSPS) is 44.5. The van der Waals surface area contributed by atoms with Gasteiger partial charge < -0.3 is 0 Å². The molecule has 0 heteroatoms. The summed E-state index contributed by atoms with van der Waals surface area (Å²) in [6.07, 6.45) is 9.02. The van der Waals surface area contributed by atoms with Crippen molar-refractivity contribution < 1.29 is 0 Å². The molecule has 0 bridgehead atoms. The van der Waals surface area contributed by atoms with E-state index in [0.29, 0.717) is 0 Å². The van der Waals surface area contributed by atoms with Crippen LogP contribution in [0, 0.1) is 23.7 Å². The fourth-order valence-electron chi connectivity index (χ4n) is 3.36. The van der Waals surface area contributed by atoms with Gasteiger partial charge >= 0.3 is 0 Å². The molecule has 0 aliphatic heterocycles. The maximum absolute atomic E-state index is 2.36. The van der Waals surface area contributed by atoms with Crippen LogP contribution in [0.2, 0.25) is 0 Å². The van der Waals surface area contributed by atoms with Crippen molar-refractivity contribution in [1.82, 2.24) is 0 Å². The Bertz CT molecular complexity index is 148. The molecule has 4 atom stereocenters. The van der Waals surface area contributed by atoms with Gasteiger partial charge in [0, 0.05) is 0 Å². The lowest BCUT2D eigenvalue weighted by atomic mass is 9.47. The van der Waals surface area contributed by atoms with Gasteiger partial charge in [-0.1, -0.05) is 39.5 Å². The van der Waals surface area contributed by atoms with Gasteiger partial charge in [0.15, 0.2) is 0 Å². The Morgan fingerprint density at radius 2 is 1.67 bits per heavy atom.